The zero-order valence-electron chi connectivity index (χ0n) is 13.8. The van der Waals surface area contributed by atoms with Gasteiger partial charge in [-0.2, -0.15) is 5.10 Å². The van der Waals surface area contributed by atoms with Crippen LogP contribution in [0, 0.1) is 23.0 Å². The van der Waals surface area contributed by atoms with E-state index in [0.717, 1.165) is 25.7 Å². The quantitative estimate of drug-likeness (QED) is 0.645. The first-order valence-corrected chi connectivity index (χ1v) is 8.04. The Morgan fingerprint density at radius 1 is 1.50 bits per heavy atom. The molecular formula is C15H26N4O3. The number of anilines is 1. The molecule has 1 aliphatic heterocycles. The molecule has 0 saturated carbocycles. The Kier molecular flexibility index (Phi) is 5.39. The van der Waals surface area contributed by atoms with Gasteiger partial charge < -0.3 is 10.1 Å². The van der Waals surface area contributed by atoms with Crippen LogP contribution in [0.1, 0.15) is 45.2 Å². The van der Waals surface area contributed by atoms with Crippen molar-refractivity contribution < 1.29 is 9.66 Å². The summed E-state index contributed by atoms with van der Waals surface area (Å²) in [5, 5.41) is 18.7. The van der Waals surface area contributed by atoms with Crippen molar-refractivity contribution in [2.45, 2.75) is 58.6 Å². The van der Waals surface area contributed by atoms with E-state index in [1.165, 1.54) is 0 Å². The van der Waals surface area contributed by atoms with Gasteiger partial charge in [0.05, 0.1) is 11.0 Å². The number of ether oxygens (including phenoxy) is 1. The highest BCUT2D eigenvalue weighted by Crippen LogP contribution is 2.31. The van der Waals surface area contributed by atoms with Gasteiger partial charge in [0.25, 0.3) is 0 Å². The van der Waals surface area contributed by atoms with Crippen molar-refractivity contribution in [1.29, 1.82) is 0 Å². The topological polar surface area (TPSA) is 82.2 Å². The lowest BCUT2D eigenvalue weighted by Gasteiger charge is -2.34. The van der Waals surface area contributed by atoms with E-state index >= 15 is 0 Å². The summed E-state index contributed by atoms with van der Waals surface area (Å²) in [7, 11) is 1.74. The van der Waals surface area contributed by atoms with Gasteiger partial charge in [-0.05, 0) is 25.7 Å². The van der Waals surface area contributed by atoms with Crippen LogP contribution in [0.2, 0.25) is 0 Å². The molecule has 0 radical (unpaired) electrons. The number of nitro groups is 1. The van der Waals surface area contributed by atoms with E-state index in [1.807, 2.05) is 0 Å². The fourth-order valence-corrected chi connectivity index (χ4v) is 3.32. The minimum Gasteiger partial charge on any atom is -0.378 e. The van der Waals surface area contributed by atoms with Gasteiger partial charge in [0.15, 0.2) is 0 Å². The molecular weight excluding hydrogens is 284 g/mol. The van der Waals surface area contributed by atoms with Gasteiger partial charge in [0.2, 0.25) is 5.82 Å². The number of nitrogens with zero attached hydrogens (tertiary/aromatic N) is 3. The van der Waals surface area contributed by atoms with E-state index in [9.17, 15) is 10.1 Å². The summed E-state index contributed by atoms with van der Waals surface area (Å²) in [6.07, 6.45) is 4.17. The fraction of sp³-hybridized carbons (Fsp3) is 0.800. The standard InChI is InChI=1S/C15H26N4O3/c1-5-11(6-2)13-9-12(7-8-22-13)16-15-14(19(20)21)10(3)17-18(15)4/h11-13,16H,5-9H2,1-4H3. The van der Waals surface area contributed by atoms with Gasteiger partial charge in [-0.15, -0.1) is 0 Å². The van der Waals surface area contributed by atoms with Crippen molar-refractivity contribution in [2.24, 2.45) is 13.0 Å². The number of hydrogen-bond acceptors (Lipinski definition) is 5. The Morgan fingerprint density at radius 3 is 2.77 bits per heavy atom. The average Bonchev–Trinajstić information content (AvgIpc) is 2.75. The Labute approximate surface area is 131 Å². The van der Waals surface area contributed by atoms with Gasteiger partial charge in [0, 0.05) is 19.7 Å². The first-order valence-electron chi connectivity index (χ1n) is 8.04. The van der Waals surface area contributed by atoms with E-state index in [4.69, 9.17) is 4.74 Å². The summed E-state index contributed by atoms with van der Waals surface area (Å²) in [5.41, 5.74) is 0.520. The molecule has 7 nitrogen and oxygen atoms in total. The van der Waals surface area contributed by atoms with Crippen molar-refractivity contribution in [1.82, 2.24) is 9.78 Å². The number of rotatable bonds is 6. The minimum absolute atomic E-state index is 0.0769. The second kappa shape index (κ2) is 7.09. The molecule has 2 atom stereocenters. The molecule has 2 rings (SSSR count). The molecule has 2 unspecified atom stereocenters. The molecule has 1 aromatic rings. The van der Waals surface area contributed by atoms with Crippen LogP contribution in [0.15, 0.2) is 0 Å². The Balaban J connectivity index is 2.12. The van der Waals surface area contributed by atoms with Gasteiger partial charge >= 0.3 is 5.69 Å². The highest BCUT2D eigenvalue weighted by atomic mass is 16.6. The van der Waals surface area contributed by atoms with Crippen molar-refractivity contribution in [3.05, 3.63) is 15.8 Å². The molecule has 1 N–H and O–H groups in total. The smallest absolute Gasteiger partial charge is 0.333 e. The lowest BCUT2D eigenvalue weighted by Crippen LogP contribution is -2.38. The number of hydrogen-bond donors (Lipinski definition) is 1. The maximum Gasteiger partial charge on any atom is 0.333 e. The summed E-state index contributed by atoms with van der Waals surface area (Å²) >= 11 is 0. The third-order valence-corrected chi connectivity index (χ3v) is 4.60. The molecule has 2 heterocycles. The normalized spacial score (nSPS) is 22.0. The molecule has 0 amide bonds. The first-order chi connectivity index (χ1) is 10.5. The van der Waals surface area contributed by atoms with Crippen LogP contribution >= 0.6 is 0 Å². The van der Waals surface area contributed by atoms with Crippen LogP contribution in [-0.2, 0) is 11.8 Å². The van der Waals surface area contributed by atoms with Gasteiger partial charge in [0.1, 0.15) is 5.69 Å². The van der Waals surface area contributed by atoms with Crippen molar-refractivity contribution in [3.8, 4) is 0 Å². The van der Waals surface area contributed by atoms with Gasteiger partial charge in [-0.1, -0.05) is 26.7 Å². The van der Waals surface area contributed by atoms with E-state index < -0.39 is 0 Å². The third-order valence-electron chi connectivity index (χ3n) is 4.60. The SMILES string of the molecule is CCC(CC)C1CC(Nc2c([N+](=O)[O-])c(C)nn2C)CCO1. The van der Waals surface area contributed by atoms with Crippen molar-refractivity contribution >= 4 is 11.5 Å². The summed E-state index contributed by atoms with van der Waals surface area (Å²) in [6, 6.07) is 0.188. The van der Waals surface area contributed by atoms with Crippen LogP contribution in [0.4, 0.5) is 11.5 Å². The van der Waals surface area contributed by atoms with E-state index in [0.29, 0.717) is 24.0 Å². The van der Waals surface area contributed by atoms with Crippen LogP contribution in [-0.4, -0.2) is 33.5 Å². The van der Waals surface area contributed by atoms with E-state index in [2.05, 4.69) is 24.3 Å². The predicted octanol–water partition coefficient (Wildman–Crippen LogP) is 3.03. The van der Waals surface area contributed by atoms with Gasteiger partial charge in [-0.3, -0.25) is 10.1 Å². The van der Waals surface area contributed by atoms with Crippen LogP contribution < -0.4 is 5.32 Å². The lowest BCUT2D eigenvalue weighted by atomic mass is 9.89. The molecule has 0 bridgehead atoms. The maximum absolute atomic E-state index is 11.3. The molecule has 7 heteroatoms. The minimum atomic E-state index is -0.359. The van der Waals surface area contributed by atoms with Crippen LogP contribution in [0.25, 0.3) is 0 Å². The van der Waals surface area contributed by atoms with Gasteiger partial charge in [-0.25, -0.2) is 4.68 Å². The average molecular weight is 310 g/mol. The highest BCUT2D eigenvalue weighted by Gasteiger charge is 2.31. The Hall–Kier alpha value is -1.63. The first kappa shape index (κ1) is 16.7. The van der Waals surface area contributed by atoms with E-state index in [1.54, 1.807) is 18.7 Å². The molecule has 0 aromatic carbocycles. The maximum atomic E-state index is 11.3. The van der Waals surface area contributed by atoms with Crippen molar-refractivity contribution in [3.63, 3.8) is 0 Å². The second-order valence-corrected chi connectivity index (χ2v) is 6.01. The lowest BCUT2D eigenvalue weighted by molar-refractivity contribution is -0.384. The summed E-state index contributed by atoms with van der Waals surface area (Å²) in [6.45, 7) is 6.73. The van der Waals surface area contributed by atoms with Crippen molar-refractivity contribution in [2.75, 3.05) is 11.9 Å². The second-order valence-electron chi connectivity index (χ2n) is 6.01. The summed E-state index contributed by atoms with van der Waals surface area (Å²) < 4.78 is 7.47. The largest absolute Gasteiger partial charge is 0.378 e. The molecule has 1 aromatic heterocycles. The molecule has 1 saturated heterocycles. The number of nitrogens with one attached hydrogen (secondary N) is 1. The molecule has 1 fully saturated rings. The van der Waals surface area contributed by atoms with E-state index in [-0.39, 0.29) is 22.8 Å². The number of aryl methyl sites for hydroxylation is 2. The third kappa shape index (κ3) is 3.40. The Morgan fingerprint density at radius 2 is 2.18 bits per heavy atom. The van der Waals surface area contributed by atoms with Crippen LogP contribution in [0.3, 0.4) is 0 Å². The number of aromatic nitrogens is 2. The molecule has 0 aliphatic carbocycles. The highest BCUT2D eigenvalue weighted by molar-refractivity contribution is 5.59. The predicted molar refractivity (Wildman–Crippen MR) is 85.1 cm³/mol. The Bertz CT molecular complexity index is 525. The summed E-state index contributed by atoms with van der Waals surface area (Å²) in [5.74, 6) is 1.05. The zero-order chi connectivity index (χ0) is 16.3. The van der Waals surface area contributed by atoms with Crippen LogP contribution in [0.5, 0.6) is 0 Å². The molecule has 124 valence electrons. The monoisotopic (exact) mass is 310 g/mol. The fourth-order valence-electron chi connectivity index (χ4n) is 3.32. The molecule has 0 spiro atoms. The molecule has 22 heavy (non-hydrogen) atoms. The zero-order valence-corrected chi connectivity index (χ0v) is 13.8. The summed E-state index contributed by atoms with van der Waals surface area (Å²) in [4.78, 5) is 10.9. The molecule has 1 aliphatic rings.